The standard InChI is InChI=1S/C16H30BNO4Si/c1-13(2,3)23-22-14(4,5)12-18-10-11(19-12)17-20-15(6,7)16(8,9)21-17/h10H,23H2,1-9H3. The first-order valence-corrected chi connectivity index (χ1v) is 9.48. The summed E-state index contributed by atoms with van der Waals surface area (Å²) in [4.78, 5) is 4.40. The topological polar surface area (TPSA) is 53.7 Å². The lowest BCUT2D eigenvalue weighted by Gasteiger charge is -2.32. The fourth-order valence-corrected chi connectivity index (χ4v) is 3.01. The van der Waals surface area contributed by atoms with Crippen molar-refractivity contribution in [2.24, 2.45) is 0 Å². The molecule has 7 heteroatoms. The molecule has 0 bridgehead atoms. The Bertz CT molecular complexity index is 547. The number of aromatic nitrogens is 1. The molecule has 0 atom stereocenters. The summed E-state index contributed by atoms with van der Waals surface area (Å²) in [6.45, 7) is 18.6. The molecule has 0 aromatic carbocycles. The summed E-state index contributed by atoms with van der Waals surface area (Å²) in [6.07, 6.45) is 1.68. The Kier molecular flexibility index (Phi) is 4.65. The van der Waals surface area contributed by atoms with Gasteiger partial charge in [0.05, 0.1) is 17.4 Å². The van der Waals surface area contributed by atoms with Crippen LogP contribution in [0.25, 0.3) is 0 Å². The van der Waals surface area contributed by atoms with E-state index in [4.69, 9.17) is 18.2 Å². The Morgan fingerprint density at radius 1 is 1.04 bits per heavy atom. The zero-order valence-electron chi connectivity index (χ0n) is 15.9. The molecule has 0 N–H and O–H groups in total. The number of hydrogen-bond donors (Lipinski definition) is 0. The zero-order valence-corrected chi connectivity index (χ0v) is 17.4. The first kappa shape index (κ1) is 18.7. The van der Waals surface area contributed by atoms with E-state index < -0.39 is 33.7 Å². The van der Waals surface area contributed by atoms with Crippen LogP contribution in [-0.4, -0.2) is 33.1 Å². The summed E-state index contributed by atoms with van der Waals surface area (Å²) in [5.74, 6) is 0.568. The Morgan fingerprint density at radius 2 is 1.57 bits per heavy atom. The highest BCUT2D eigenvalue weighted by atomic mass is 28.2. The van der Waals surface area contributed by atoms with Crippen LogP contribution >= 0.6 is 0 Å². The van der Waals surface area contributed by atoms with Crippen molar-refractivity contribution in [3.63, 3.8) is 0 Å². The van der Waals surface area contributed by atoms with Crippen LogP contribution in [0.3, 0.4) is 0 Å². The minimum absolute atomic E-state index is 0.221. The second kappa shape index (κ2) is 5.72. The molecule has 1 saturated heterocycles. The van der Waals surface area contributed by atoms with Gasteiger partial charge in [-0.15, -0.1) is 0 Å². The first-order chi connectivity index (χ1) is 10.2. The molecule has 0 unspecified atom stereocenters. The molecule has 130 valence electrons. The minimum Gasteiger partial charge on any atom is -0.446 e. The maximum Gasteiger partial charge on any atom is 0.534 e. The van der Waals surface area contributed by atoms with Crippen LogP contribution in [0, 0.1) is 0 Å². The van der Waals surface area contributed by atoms with Gasteiger partial charge in [-0.3, -0.25) is 0 Å². The van der Waals surface area contributed by atoms with E-state index in [0.29, 0.717) is 11.6 Å². The van der Waals surface area contributed by atoms with Crippen LogP contribution in [0.1, 0.15) is 68.2 Å². The predicted octanol–water partition coefficient (Wildman–Crippen LogP) is 2.53. The van der Waals surface area contributed by atoms with Gasteiger partial charge in [0.15, 0.2) is 15.4 Å². The molecule has 5 nitrogen and oxygen atoms in total. The van der Waals surface area contributed by atoms with Gasteiger partial charge < -0.3 is 18.2 Å². The van der Waals surface area contributed by atoms with E-state index in [2.05, 4.69) is 25.8 Å². The summed E-state index contributed by atoms with van der Waals surface area (Å²) in [5.41, 5.74) is -0.736. The maximum atomic E-state index is 6.14. The molecule has 0 amide bonds. The molecule has 2 heterocycles. The van der Waals surface area contributed by atoms with Gasteiger partial charge in [0.1, 0.15) is 5.60 Å². The van der Waals surface area contributed by atoms with E-state index in [9.17, 15) is 0 Å². The van der Waals surface area contributed by atoms with E-state index in [1.807, 2.05) is 41.5 Å². The summed E-state index contributed by atoms with van der Waals surface area (Å²) >= 11 is 0. The van der Waals surface area contributed by atoms with Crippen LogP contribution in [0.4, 0.5) is 0 Å². The largest absolute Gasteiger partial charge is 0.534 e. The normalized spacial score (nSPS) is 21.5. The lowest BCUT2D eigenvalue weighted by atomic mass is 9.87. The third-order valence-corrected chi connectivity index (χ3v) is 6.12. The Balaban J connectivity index is 2.12. The lowest BCUT2D eigenvalue weighted by molar-refractivity contribution is 0.00578. The SMILES string of the molecule is CC(C)(C)[SiH2]OC(C)(C)c1ncc(B2OC(C)(C)C(C)(C)O2)o1. The molecule has 1 aliphatic heterocycles. The van der Waals surface area contributed by atoms with Crippen molar-refractivity contribution in [1.29, 1.82) is 0 Å². The molecule has 2 rings (SSSR count). The minimum atomic E-state index is -0.705. The molecule has 1 fully saturated rings. The molecule has 0 saturated carbocycles. The van der Waals surface area contributed by atoms with Gasteiger partial charge >= 0.3 is 7.12 Å². The van der Waals surface area contributed by atoms with Crippen molar-refractivity contribution < 1.29 is 18.2 Å². The van der Waals surface area contributed by atoms with Crippen molar-refractivity contribution in [2.75, 3.05) is 0 Å². The molecule has 0 radical (unpaired) electrons. The molecule has 0 spiro atoms. The van der Waals surface area contributed by atoms with Crippen molar-refractivity contribution in [1.82, 2.24) is 4.98 Å². The predicted molar refractivity (Wildman–Crippen MR) is 94.6 cm³/mol. The van der Waals surface area contributed by atoms with Gasteiger partial charge in [-0.2, -0.15) is 0 Å². The van der Waals surface area contributed by atoms with Gasteiger partial charge in [-0.25, -0.2) is 4.98 Å². The van der Waals surface area contributed by atoms with Gasteiger partial charge in [0.25, 0.3) is 0 Å². The molecule has 1 aromatic rings. The second-order valence-corrected chi connectivity index (χ2v) is 11.7. The molecular formula is C16H30BNO4Si. The molecule has 1 aliphatic rings. The zero-order chi connectivity index (χ0) is 17.7. The molecule has 1 aromatic heterocycles. The van der Waals surface area contributed by atoms with Crippen molar-refractivity contribution in [2.45, 2.75) is 84.2 Å². The molecular weight excluding hydrogens is 309 g/mol. The van der Waals surface area contributed by atoms with E-state index in [0.717, 1.165) is 0 Å². The van der Waals surface area contributed by atoms with Gasteiger partial charge in [-0.1, -0.05) is 20.8 Å². The maximum absolute atomic E-state index is 6.14. The van der Waals surface area contributed by atoms with Crippen molar-refractivity contribution >= 4 is 22.5 Å². The average molecular weight is 339 g/mol. The third kappa shape index (κ3) is 4.07. The van der Waals surface area contributed by atoms with Crippen molar-refractivity contribution in [3.8, 4) is 0 Å². The molecule has 23 heavy (non-hydrogen) atoms. The summed E-state index contributed by atoms with van der Waals surface area (Å²) in [5, 5.41) is 0.221. The van der Waals surface area contributed by atoms with Crippen LogP contribution < -0.4 is 5.66 Å². The Hall–Kier alpha value is -0.628. The average Bonchev–Trinajstić information content (AvgIpc) is 2.91. The highest BCUT2D eigenvalue weighted by Crippen LogP contribution is 2.37. The van der Waals surface area contributed by atoms with E-state index in [-0.39, 0.29) is 5.04 Å². The van der Waals surface area contributed by atoms with Gasteiger partial charge in [0.2, 0.25) is 5.89 Å². The quantitative estimate of drug-likeness (QED) is 0.789. The lowest BCUT2D eigenvalue weighted by Crippen LogP contribution is -2.41. The van der Waals surface area contributed by atoms with E-state index in [1.54, 1.807) is 6.20 Å². The van der Waals surface area contributed by atoms with E-state index in [1.165, 1.54) is 0 Å². The number of oxazole rings is 1. The monoisotopic (exact) mass is 339 g/mol. The Labute approximate surface area is 142 Å². The van der Waals surface area contributed by atoms with Gasteiger partial charge in [0, 0.05) is 0 Å². The van der Waals surface area contributed by atoms with Gasteiger partial charge in [-0.05, 0) is 46.6 Å². The highest BCUT2D eigenvalue weighted by Gasteiger charge is 2.53. The van der Waals surface area contributed by atoms with Crippen LogP contribution in [0.5, 0.6) is 0 Å². The fourth-order valence-electron chi connectivity index (χ4n) is 2.09. The summed E-state index contributed by atoms with van der Waals surface area (Å²) in [6, 6.07) is 0. The number of nitrogens with zero attached hydrogens (tertiary/aromatic N) is 1. The second-order valence-electron chi connectivity index (χ2n) is 9.02. The van der Waals surface area contributed by atoms with Crippen LogP contribution in [0.2, 0.25) is 5.04 Å². The van der Waals surface area contributed by atoms with E-state index >= 15 is 0 Å². The summed E-state index contributed by atoms with van der Waals surface area (Å²) < 4.78 is 24.1. The number of hydrogen-bond acceptors (Lipinski definition) is 5. The summed E-state index contributed by atoms with van der Waals surface area (Å²) in [7, 11) is -1.24. The first-order valence-electron chi connectivity index (χ1n) is 8.19. The molecule has 0 aliphatic carbocycles. The van der Waals surface area contributed by atoms with Crippen molar-refractivity contribution in [3.05, 3.63) is 12.1 Å². The fraction of sp³-hybridized carbons (Fsp3) is 0.812. The Morgan fingerprint density at radius 3 is 2.04 bits per heavy atom. The van der Waals surface area contributed by atoms with Crippen LogP contribution in [0.15, 0.2) is 10.6 Å². The smallest absolute Gasteiger partial charge is 0.446 e. The highest BCUT2D eigenvalue weighted by molar-refractivity contribution is 6.60. The third-order valence-electron chi connectivity index (χ3n) is 4.39. The van der Waals surface area contributed by atoms with Crippen LogP contribution in [-0.2, 0) is 19.3 Å². The number of rotatable bonds is 4.